The van der Waals surface area contributed by atoms with Crippen molar-refractivity contribution in [3.8, 4) is 5.75 Å². The molecule has 1 unspecified atom stereocenters. The normalized spacial score (nSPS) is 12.9. The Kier molecular flexibility index (Phi) is 5.36. The molecule has 0 aliphatic carbocycles. The molecule has 0 heterocycles. The standard InChI is InChI=1S/C15H23NO3/c1-5-11-6-8-12(9-7-11)19-15(2,3)10-13(16)14(17)18-4/h6-9,13H,5,10,16H2,1-4H3. The van der Waals surface area contributed by atoms with E-state index in [1.165, 1.54) is 12.7 Å². The summed E-state index contributed by atoms with van der Waals surface area (Å²) in [4.78, 5) is 11.3. The van der Waals surface area contributed by atoms with Gasteiger partial charge >= 0.3 is 5.97 Å². The molecule has 0 fully saturated rings. The second kappa shape index (κ2) is 6.57. The zero-order valence-electron chi connectivity index (χ0n) is 12.1. The third-order valence-electron chi connectivity index (χ3n) is 2.94. The first-order chi connectivity index (χ1) is 8.88. The van der Waals surface area contributed by atoms with Gasteiger partial charge in [0.1, 0.15) is 17.4 Å². The Bertz CT molecular complexity index is 412. The molecule has 2 N–H and O–H groups in total. The summed E-state index contributed by atoms with van der Waals surface area (Å²) in [7, 11) is 1.33. The van der Waals surface area contributed by atoms with Crippen molar-refractivity contribution < 1.29 is 14.3 Å². The second-order valence-electron chi connectivity index (χ2n) is 5.19. The van der Waals surface area contributed by atoms with Crippen LogP contribution in [0.5, 0.6) is 5.75 Å². The Morgan fingerprint density at radius 2 is 1.89 bits per heavy atom. The first-order valence-corrected chi connectivity index (χ1v) is 6.49. The number of nitrogens with two attached hydrogens (primary N) is 1. The molecule has 0 aliphatic heterocycles. The maximum atomic E-state index is 11.3. The smallest absolute Gasteiger partial charge is 0.322 e. The van der Waals surface area contributed by atoms with Crippen molar-refractivity contribution >= 4 is 5.97 Å². The highest BCUT2D eigenvalue weighted by Gasteiger charge is 2.27. The van der Waals surface area contributed by atoms with Crippen LogP contribution in [-0.2, 0) is 16.0 Å². The van der Waals surface area contributed by atoms with Crippen LogP contribution in [0.1, 0.15) is 32.8 Å². The topological polar surface area (TPSA) is 61.5 Å². The summed E-state index contributed by atoms with van der Waals surface area (Å²) in [6, 6.07) is 7.26. The lowest BCUT2D eigenvalue weighted by Gasteiger charge is -2.28. The molecule has 1 aromatic carbocycles. The minimum Gasteiger partial charge on any atom is -0.488 e. The predicted molar refractivity (Wildman–Crippen MR) is 75.1 cm³/mol. The molecule has 0 saturated heterocycles. The van der Waals surface area contributed by atoms with Crippen LogP contribution in [0.15, 0.2) is 24.3 Å². The van der Waals surface area contributed by atoms with Crippen LogP contribution in [0.25, 0.3) is 0 Å². The number of esters is 1. The van der Waals surface area contributed by atoms with E-state index in [0.29, 0.717) is 6.42 Å². The van der Waals surface area contributed by atoms with Crippen molar-refractivity contribution in [3.63, 3.8) is 0 Å². The van der Waals surface area contributed by atoms with Gasteiger partial charge in [0.25, 0.3) is 0 Å². The number of ether oxygens (including phenoxy) is 2. The summed E-state index contributed by atoms with van der Waals surface area (Å²) in [5.41, 5.74) is 6.49. The number of methoxy groups -OCH3 is 1. The van der Waals surface area contributed by atoms with Crippen LogP contribution in [0.4, 0.5) is 0 Å². The molecule has 19 heavy (non-hydrogen) atoms. The molecule has 1 aromatic rings. The van der Waals surface area contributed by atoms with Crippen LogP contribution < -0.4 is 10.5 Å². The highest BCUT2D eigenvalue weighted by atomic mass is 16.5. The molecule has 1 rings (SSSR count). The first-order valence-electron chi connectivity index (χ1n) is 6.49. The molecule has 1 atom stereocenters. The van der Waals surface area contributed by atoms with Gasteiger partial charge in [0.2, 0.25) is 0 Å². The molecular weight excluding hydrogens is 242 g/mol. The van der Waals surface area contributed by atoms with Crippen molar-refractivity contribution in [2.45, 2.75) is 45.3 Å². The maximum absolute atomic E-state index is 11.3. The van der Waals surface area contributed by atoms with Crippen molar-refractivity contribution in [1.82, 2.24) is 0 Å². The van der Waals surface area contributed by atoms with Crippen LogP contribution in [0, 0.1) is 0 Å². The van der Waals surface area contributed by atoms with Crippen LogP contribution >= 0.6 is 0 Å². The minimum atomic E-state index is -0.671. The summed E-state index contributed by atoms with van der Waals surface area (Å²) >= 11 is 0. The van der Waals surface area contributed by atoms with E-state index in [1.54, 1.807) is 0 Å². The Balaban J connectivity index is 2.64. The van der Waals surface area contributed by atoms with Gasteiger partial charge < -0.3 is 15.2 Å². The minimum absolute atomic E-state index is 0.398. The van der Waals surface area contributed by atoms with Crippen molar-refractivity contribution in [3.05, 3.63) is 29.8 Å². The summed E-state index contributed by atoms with van der Waals surface area (Å²) < 4.78 is 10.5. The third-order valence-corrected chi connectivity index (χ3v) is 2.94. The van der Waals surface area contributed by atoms with E-state index in [0.717, 1.165) is 12.2 Å². The Hall–Kier alpha value is -1.55. The number of carbonyl (C=O) groups excluding carboxylic acids is 1. The second-order valence-corrected chi connectivity index (χ2v) is 5.19. The van der Waals surface area contributed by atoms with E-state index >= 15 is 0 Å². The average molecular weight is 265 g/mol. The fourth-order valence-electron chi connectivity index (χ4n) is 1.92. The van der Waals surface area contributed by atoms with Crippen molar-refractivity contribution in [1.29, 1.82) is 0 Å². The number of hydrogen-bond acceptors (Lipinski definition) is 4. The monoisotopic (exact) mass is 265 g/mol. The van der Waals surface area contributed by atoms with Crippen molar-refractivity contribution in [2.75, 3.05) is 7.11 Å². The number of aryl methyl sites for hydroxylation is 1. The fraction of sp³-hybridized carbons (Fsp3) is 0.533. The lowest BCUT2D eigenvalue weighted by molar-refractivity contribution is -0.143. The highest BCUT2D eigenvalue weighted by molar-refractivity contribution is 5.75. The number of rotatable bonds is 6. The molecule has 0 radical (unpaired) electrons. The van der Waals surface area contributed by atoms with Gasteiger partial charge in [-0.1, -0.05) is 19.1 Å². The van der Waals surface area contributed by atoms with Gasteiger partial charge in [-0.25, -0.2) is 0 Å². The number of benzene rings is 1. The van der Waals surface area contributed by atoms with Gasteiger partial charge in [-0.2, -0.15) is 0 Å². The molecule has 0 aromatic heterocycles. The molecule has 0 spiro atoms. The quantitative estimate of drug-likeness (QED) is 0.802. The number of carbonyl (C=O) groups is 1. The van der Waals surface area contributed by atoms with Crippen LogP contribution in [0.3, 0.4) is 0 Å². The van der Waals surface area contributed by atoms with Gasteiger partial charge in [0.05, 0.1) is 7.11 Å². The Morgan fingerprint density at radius 3 is 2.37 bits per heavy atom. The molecular formula is C15H23NO3. The Morgan fingerprint density at radius 1 is 1.32 bits per heavy atom. The zero-order chi connectivity index (χ0) is 14.5. The van der Waals surface area contributed by atoms with Crippen LogP contribution in [0.2, 0.25) is 0 Å². The maximum Gasteiger partial charge on any atom is 0.322 e. The summed E-state index contributed by atoms with van der Waals surface area (Å²) in [5, 5.41) is 0. The van der Waals surface area contributed by atoms with E-state index in [9.17, 15) is 4.79 Å². The van der Waals surface area contributed by atoms with Gasteiger partial charge in [0.15, 0.2) is 0 Å². The van der Waals surface area contributed by atoms with E-state index in [1.807, 2.05) is 38.1 Å². The molecule has 4 nitrogen and oxygen atoms in total. The first kappa shape index (κ1) is 15.5. The van der Waals surface area contributed by atoms with E-state index in [4.69, 9.17) is 10.5 Å². The molecule has 0 saturated carbocycles. The Labute approximate surface area is 114 Å². The van der Waals surface area contributed by atoms with Crippen molar-refractivity contribution in [2.24, 2.45) is 5.73 Å². The third kappa shape index (κ3) is 4.91. The lowest BCUT2D eigenvalue weighted by Crippen LogP contribution is -2.41. The SMILES string of the molecule is CCc1ccc(OC(C)(C)CC(N)C(=O)OC)cc1. The lowest BCUT2D eigenvalue weighted by atomic mass is 9.99. The molecule has 0 aliphatic rings. The van der Waals surface area contributed by atoms with Crippen LogP contribution in [-0.4, -0.2) is 24.7 Å². The molecule has 106 valence electrons. The summed E-state index contributed by atoms with van der Waals surface area (Å²) in [6.07, 6.45) is 1.39. The average Bonchev–Trinajstić information content (AvgIpc) is 2.37. The van der Waals surface area contributed by atoms with E-state index < -0.39 is 17.6 Å². The number of hydrogen-bond donors (Lipinski definition) is 1. The highest BCUT2D eigenvalue weighted by Crippen LogP contribution is 2.22. The predicted octanol–water partition coefficient (Wildman–Crippen LogP) is 2.30. The summed E-state index contributed by atoms with van der Waals surface area (Å²) in [6.45, 7) is 5.92. The molecule has 0 amide bonds. The van der Waals surface area contributed by atoms with E-state index in [-0.39, 0.29) is 0 Å². The van der Waals surface area contributed by atoms with Gasteiger partial charge in [-0.15, -0.1) is 0 Å². The largest absolute Gasteiger partial charge is 0.488 e. The molecule has 4 heteroatoms. The fourth-order valence-corrected chi connectivity index (χ4v) is 1.92. The van der Waals surface area contributed by atoms with Gasteiger partial charge in [0, 0.05) is 6.42 Å². The van der Waals surface area contributed by atoms with Gasteiger partial charge in [-0.05, 0) is 38.0 Å². The zero-order valence-corrected chi connectivity index (χ0v) is 12.1. The van der Waals surface area contributed by atoms with E-state index in [2.05, 4.69) is 11.7 Å². The summed E-state index contributed by atoms with van der Waals surface area (Å²) in [5.74, 6) is 0.359. The van der Waals surface area contributed by atoms with Gasteiger partial charge in [-0.3, -0.25) is 4.79 Å². The molecule has 0 bridgehead atoms.